The molecule has 2 aromatic rings. The van der Waals surface area contributed by atoms with Crippen molar-refractivity contribution in [3.05, 3.63) is 53.0 Å². The van der Waals surface area contributed by atoms with Crippen molar-refractivity contribution in [3.63, 3.8) is 0 Å². The van der Waals surface area contributed by atoms with Crippen LogP contribution in [0, 0.1) is 26.7 Å². The van der Waals surface area contributed by atoms with Gasteiger partial charge in [-0.1, -0.05) is 18.2 Å². The summed E-state index contributed by atoms with van der Waals surface area (Å²) < 4.78 is 18.6. The van der Waals surface area contributed by atoms with E-state index in [1.807, 2.05) is 32.9 Å². The molecule has 1 aromatic heterocycles. The van der Waals surface area contributed by atoms with Crippen molar-refractivity contribution in [1.82, 2.24) is 4.98 Å². The number of pyridine rings is 1. The molecule has 0 aliphatic heterocycles. The average molecular weight is 231 g/mol. The first kappa shape index (κ1) is 11.6. The smallest absolute Gasteiger partial charge is 0.221 e. The number of benzene rings is 1. The summed E-state index contributed by atoms with van der Waals surface area (Å²) >= 11 is 0. The van der Waals surface area contributed by atoms with Crippen LogP contribution >= 0.6 is 0 Å². The van der Waals surface area contributed by atoms with Gasteiger partial charge in [0.25, 0.3) is 0 Å². The number of hydrogen-bond donors (Lipinski definition) is 0. The lowest BCUT2D eigenvalue weighted by Gasteiger charge is -2.12. The molecular weight excluding hydrogens is 217 g/mol. The maximum atomic E-state index is 13.0. The standard InChI is InChI=1S/C14H14FNO/c1-9-7-8-10(2)14(11(9)3)17-13-6-4-5-12(15)16-13/h4-8H,1-3H3. The van der Waals surface area contributed by atoms with E-state index in [1.165, 1.54) is 6.07 Å². The Bertz CT molecular complexity index is 552. The van der Waals surface area contributed by atoms with E-state index >= 15 is 0 Å². The van der Waals surface area contributed by atoms with Crippen LogP contribution in [-0.2, 0) is 0 Å². The van der Waals surface area contributed by atoms with Crippen molar-refractivity contribution < 1.29 is 9.13 Å². The van der Waals surface area contributed by atoms with Crippen LogP contribution in [-0.4, -0.2) is 4.98 Å². The molecule has 0 bridgehead atoms. The minimum atomic E-state index is -0.537. The molecule has 88 valence electrons. The number of rotatable bonds is 2. The van der Waals surface area contributed by atoms with Gasteiger partial charge in [-0.25, -0.2) is 0 Å². The third-order valence-electron chi connectivity index (χ3n) is 2.77. The summed E-state index contributed by atoms with van der Waals surface area (Å²) in [5.74, 6) is 0.496. The number of halogens is 1. The van der Waals surface area contributed by atoms with Crippen LogP contribution in [0.4, 0.5) is 4.39 Å². The maximum Gasteiger partial charge on any atom is 0.221 e. The zero-order valence-electron chi connectivity index (χ0n) is 10.1. The van der Waals surface area contributed by atoms with E-state index in [4.69, 9.17) is 4.74 Å². The number of nitrogens with zero attached hydrogens (tertiary/aromatic N) is 1. The lowest BCUT2D eigenvalue weighted by molar-refractivity contribution is 0.439. The van der Waals surface area contributed by atoms with Crippen LogP contribution in [0.25, 0.3) is 0 Å². The van der Waals surface area contributed by atoms with E-state index in [0.717, 1.165) is 22.4 Å². The van der Waals surface area contributed by atoms with Crippen LogP contribution in [0.3, 0.4) is 0 Å². The Morgan fingerprint density at radius 2 is 1.71 bits per heavy atom. The molecule has 0 amide bonds. The van der Waals surface area contributed by atoms with Gasteiger partial charge in [0.05, 0.1) is 0 Å². The molecule has 0 saturated carbocycles. The highest BCUT2D eigenvalue weighted by Gasteiger charge is 2.08. The normalized spacial score (nSPS) is 10.4. The summed E-state index contributed by atoms with van der Waals surface area (Å²) in [5.41, 5.74) is 3.21. The van der Waals surface area contributed by atoms with Crippen molar-refractivity contribution in [2.45, 2.75) is 20.8 Å². The Morgan fingerprint density at radius 1 is 1.00 bits per heavy atom. The van der Waals surface area contributed by atoms with Crippen molar-refractivity contribution in [3.8, 4) is 11.6 Å². The van der Waals surface area contributed by atoms with Gasteiger partial charge in [0.15, 0.2) is 0 Å². The van der Waals surface area contributed by atoms with Gasteiger partial charge in [-0.2, -0.15) is 9.37 Å². The lowest BCUT2D eigenvalue weighted by Crippen LogP contribution is -1.95. The van der Waals surface area contributed by atoms with E-state index in [2.05, 4.69) is 4.98 Å². The van der Waals surface area contributed by atoms with E-state index in [0.29, 0.717) is 0 Å². The minimum Gasteiger partial charge on any atom is -0.438 e. The van der Waals surface area contributed by atoms with E-state index in [1.54, 1.807) is 12.1 Å². The summed E-state index contributed by atoms with van der Waals surface area (Å²) in [5, 5.41) is 0. The van der Waals surface area contributed by atoms with Crippen LogP contribution in [0.5, 0.6) is 11.6 Å². The third kappa shape index (κ3) is 2.44. The molecular formula is C14H14FNO. The molecule has 2 nitrogen and oxygen atoms in total. The molecule has 0 aliphatic carbocycles. The molecule has 1 aromatic carbocycles. The van der Waals surface area contributed by atoms with Gasteiger partial charge in [0.2, 0.25) is 11.8 Å². The molecule has 17 heavy (non-hydrogen) atoms. The zero-order chi connectivity index (χ0) is 12.4. The van der Waals surface area contributed by atoms with Gasteiger partial charge in [0, 0.05) is 6.07 Å². The summed E-state index contributed by atoms with van der Waals surface area (Å²) in [6.07, 6.45) is 0. The molecule has 2 rings (SSSR count). The fourth-order valence-corrected chi connectivity index (χ4v) is 1.63. The predicted molar refractivity (Wildman–Crippen MR) is 64.9 cm³/mol. The molecule has 0 aliphatic rings. The molecule has 0 unspecified atom stereocenters. The molecule has 0 atom stereocenters. The Balaban J connectivity index is 2.39. The highest BCUT2D eigenvalue weighted by atomic mass is 19.1. The highest BCUT2D eigenvalue weighted by molar-refractivity contribution is 5.46. The van der Waals surface area contributed by atoms with Crippen LogP contribution in [0.2, 0.25) is 0 Å². The number of hydrogen-bond acceptors (Lipinski definition) is 2. The van der Waals surface area contributed by atoms with Gasteiger partial charge < -0.3 is 4.74 Å². The van der Waals surface area contributed by atoms with Crippen LogP contribution < -0.4 is 4.74 Å². The second kappa shape index (κ2) is 4.53. The first-order valence-corrected chi connectivity index (χ1v) is 5.45. The Hall–Kier alpha value is -1.90. The summed E-state index contributed by atoms with van der Waals surface area (Å²) in [4.78, 5) is 3.69. The monoisotopic (exact) mass is 231 g/mol. The van der Waals surface area contributed by atoms with Crippen molar-refractivity contribution in [2.75, 3.05) is 0 Å². The minimum absolute atomic E-state index is 0.279. The summed E-state index contributed by atoms with van der Waals surface area (Å²) in [6, 6.07) is 8.54. The second-order valence-corrected chi connectivity index (χ2v) is 4.05. The molecule has 0 radical (unpaired) electrons. The highest BCUT2D eigenvalue weighted by Crippen LogP contribution is 2.29. The van der Waals surface area contributed by atoms with E-state index in [9.17, 15) is 4.39 Å². The molecule has 0 fully saturated rings. The van der Waals surface area contributed by atoms with Gasteiger partial charge in [-0.05, 0) is 43.5 Å². The van der Waals surface area contributed by atoms with Gasteiger partial charge in [-0.3, -0.25) is 0 Å². The van der Waals surface area contributed by atoms with Crippen molar-refractivity contribution in [2.24, 2.45) is 0 Å². The average Bonchev–Trinajstić information content (AvgIpc) is 2.30. The van der Waals surface area contributed by atoms with Crippen LogP contribution in [0.1, 0.15) is 16.7 Å². The number of ether oxygens (including phenoxy) is 1. The molecule has 0 saturated heterocycles. The second-order valence-electron chi connectivity index (χ2n) is 4.05. The Labute approximate surface area is 100 Å². The first-order chi connectivity index (χ1) is 8.08. The third-order valence-corrected chi connectivity index (χ3v) is 2.77. The Kier molecular flexibility index (Phi) is 3.09. The van der Waals surface area contributed by atoms with E-state index < -0.39 is 5.95 Å². The fraction of sp³-hybridized carbons (Fsp3) is 0.214. The largest absolute Gasteiger partial charge is 0.438 e. The van der Waals surface area contributed by atoms with Gasteiger partial charge in [0.1, 0.15) is 5.75 Å². The molecule has 0 N–H and O–H groups in total. The first-order valence-electron chi connectivity index (χ1n) is 5.45. The van der Waals surface area contributed by atoms with Gasteiger partial charge >= 0.3 is 0 Å². The topological polar surface area (TPSA) is 22.1 Å². The summed E-state index contributed by atoms with van der Waals surface area (Å²) in [7, 11) is 0. The van der Waals surface area contributed by atoms with Crippen LogP contribution in [0.15, 0.2) is 30.3 Å². The zero-order valence-corrected chi connectivity index (χ0v) is 10.1. The predicted octanol–water partition coefficient (Wildman–Crippen LogP) is 3.94. The number of aryl methyl sites for hydroxylation is 2. The molecule has 0 spiro atoms. The van der Waals surface area contributed by atoms with Gasteiger partial charge in [-0.15, -0.1) is 0 Å². The number of aromatic nitrogens is 1. The SMILES string of the molecule is Cc1ccc(C)c(Oc2cccc(F)n2)c1C. The molecule has 1 heterocycles. The van der Waals surface area contributed by atoms with Crippen molar-refractivity contribution >= 4 is 0 Å². The lowest BCUT2D eigenvalue weighted by atomic mass is 10.1. The fourth-order valence-electron chi connectivity index (χ4n) is 1.63. The summed E-state index contributed by atoms with van der Waals surface area (Å²) in [6.45, 7) is 5.96. The molecule has 3 heteroatoms. The quantitative estimate of drug-likeness (QED) is 0.730. The maximum absolute atomic E-state index is 13.0. The van der Waals surface area contributed by atoms with E-state index in [-0.39, 0.29) is 5.88 Å². The van der Waals surface area contributed by atoms with Crippen molar-refractivity contribution in [1.29, 1.82) is 0 Å². The Morgan fingerprint density at radius 3 is 2.41 bits per heavy atom.